The highest BCUT2D eigenvalue weighted by atomic mass is 35.5. The summed E-state index contributed by atoms with van der Waals surface area (Å²) in [6.45, 7) is 0. The standard InChI is InChI=1S/C7H8ClNO2/c8-6-4-2-1-3-5-7-9(10)11/h5,7H,2,4,6H2/b7-5+. The molecule has 0 fully saturated rings. The minimum atomic E-state index is -0.545. The Hall–Kier alpha value is -1.01. The van der Waals surface area contributed by atoms with E-state index in [4.69, 9.17) is 11.6 Å². The molecule has 0 aromatic rings. The predicted octanol–water partition coefficient (Wildman–Crippen LogP) is 1.80. The molecule has 0 saturated heterocycles. The average molecular weight is 174 g/mol. The molecule has 0 heterocycles. The molecule has 0 rings (SSSR count). The first kappa shape index (κ1) is 9.99. The third-order valence-electron chi connectivity index (χ3n) is 0.817. The largest absolute Gasteiger partial charge is 0.259 e. The molecule has 60 valence electrons. The van der Waals surface area contributed by atoms with Crippen LogP contribution in [0.15, 0.2) is 12.3 Å². The Labute approximate surface area is 70.2 Å². The summed E-state index contributed by atoms with van der Waals surface area (Å²) in [5.41, 5.74) is 0. The van der Waals surface area contributed by atoms with Gasteiger partial charge in [-0.3, -0.25) is 10.1 Å². The third-order valence-corrected chi connectivity index (χ3v) is 1.08. The first-order valence-electron chi connectivity index (χ1n) is 3.12. The van der Waals surface area contributed by atoms with E-state index in [2.05, 4.69) is 11.8 Å². The number of nitrogens with zero attached hydrogens (tertiary/aromatic N) is 1. The molecule has 0 saturated carbocycles. The minimum Gasteiger partial charge on any atom is -0.259 e. The minimum absolute atomic E-state index is 0.545. The first-order valence-corrected chi connectivity index (χ1v) is 3.65. The first-order chi connectivity index (χ1) is 5.27. The van der Waals surface area contributed by atoms with E-state index in [0.29, 0.717) is 12.3 Å². The van der Waals surface area contributed by atoms with Crippen LogP contribution in [0.2, 0.25) is 0 Å². The van der Waals surface area contributed by atoms with Crippen molar-refractivity contribution in [2.24, 2.45) is 0 Å². The topological polar surface area (TPSA) is 43.1 Å². The molecule has 0 aliphatic heterocycles. The van der Waals surface area contributed by atoms with Crippen molar-refractivity contribution in [2.45, 2.75) is 12.8 Å². The zero-order valence-electron chi connectivity index (χ0n) is 5.92. The van der Waals surface area contributed by atoms with Crippen molar-refractivity contribution in [1.82, 2.24) is 0 Å². The van der Waals surface area contributed by atoms with E-state index in [9.17, 15) is 10.1 Å². The van der Waals surface area contributed by atoms with E-state index in [0.717, 1.165) is 12.6 Å². The van der Waals surface area contributed by atoms with Crippen molar-refractivity contribution in [1.29, 1.82) is 0 Å². The average Bonchev–Trinajstić information content (AvgIpc) is 1.96. The Morgan fingerprint density at radius 3 is 2.91 bits per heavy atom. The van der Waals surface area contributed by atoms with Crippen molar-refractivity contribution < 1.29 is 4.92 Å². The number of alkyl halides is 1. The van der Waals surface area contributed by atoms with Gasteiger partial charge in [-0.05, 0) is 6.42 Å². The molecule has 3 nitrogen and oxygen atoms in total. The van der Waals surface area contributed by atoms with Gasteiger partial charge in [0, 0.05) is 12.3 Å². The molecule has 4 heteroatoms. The molecule has 0 atom stereocenters. The summed E-state index contributed by atoms with van der Waals surface area (Å²) in [6.07, 6.45) is 3.54. The fraction of sp³-hybridized carbons (Fsp3) is 0.429. The SMILES string of the molecule is O=[N+]([O-])/C=C/C#CCCCCl. The number of rotatable bonds is 3. The van der Waals surface area contributed by atoms with Gasteiger partial charge in [-0.1, -0.05) is 11.8 Å². The van der Waals surface area contributed by atoms with Crippen molar-refractivity contribution in [2.75, 3.05) is 5.88 Å². The number of hydrogen-bond acceptors (Lipinski definition) is 2. The van der Waals surface area contributed by atoms with Crippen LogP contribution in [0.1, 0.15) is 12.8 Å². The maximum absolute atomic E-state index is 9.72. The van der Waals surface area contributed by atoms with Crippen molar-refractivity contribution >= 4 is 11.6 Å². The molecule has 0 amide bonds. The van der Waals surface area contributed by atoms with E-state index in [1.54, 1.807) is 0 Å². The van der Waals surface area contributed by atoms with Gasteiger partial charge in [0.2, 0.25) is 6.20 Å². The Morgan fingerprint density at radius 1 is 1.64 bits per heavy atom. The Kier molecular flexibility index (Phi) is 6.45. The van der Waals surface area contributed by atoms with Gasteiger partial charge in [-0.25, -0.2) is 0 Å². The normalized spacial score (nSPS) is 9.18. The summed E-state index contributed by atoms with van der Waals surface area (Å²) in [4.78, 5) is 9.17. The molecular weight excluding hydrogens is 166 g/mol. The molecule has 0 spiro atoms. The lowest BCUT2D eigenvalue weighted by atomic mass is 10.3. The number of hydrogen-bond donors (Lipinski definition) is 0. The monoisotopic (exact) mass is 173 g/mol. The second-order valence-electron chi connectivity index (χ2n) is 1.71. The fourth-order valence-electron chi connectivity index (χ4n) is 0.384. The van der Waals surface area contributed by atoms with Gasteiger partial charge in [-0.2, -0.15) is 0 Å². The summed E-state index contributed by atoms with van der Waals surface area (Å²) in [5.74, 6) is 5.81. The van der Waals surface area contributed by atoms with E-state index in [1.807, 2.05) is 0 Å². The zero-order valence-corrected chi connectivity index (χ0v) is 6.67. The highest BCUT2D eigenvalue weighted by molar-refractivity contribution is 6.17. The van der Waals surface area contributed by atoms with Gasteiger partial charge in [0.1, 0.15) is 0 Å². The van der Waals surface area contributed by atoms with Crippen molar-refractivity contribution in [3.8, 4) is 11.8 Å². The summed E-state index contributed by atoms with van der Waals surface area (Å²) in [7, 11) is 0. The van der Waals surface area contributed by atoms with Crippen LogP contribution < -0.4 is 0 Å². The lowest BCUT2D eigenvalue weighted by molar-refractivity contribution is -0.402. The molecule has 0 unspecified atom stereocenters. The number of unbranched alkanes of at least 4 members (excludes halogenated alkanes) is 1. The van der Waals surface area contributed by atoms with E-state index >= 15 is 0 Å². The lowest BCUT2D eigenvalue weighted by Gasteiger charge is -1.79. The van der Waals surface area contributed by atoms with Gasteiger partial charge in [0.15, 0.2) is 0 Å². The summed E-state index contributed by atoms with van der Waals surface area (Å²) < 4.78 is 0. The summed E-state index contributed by atoms with van der Waals surface area (Å²) in [5, 5.41) is 9.72. The third kappa shape index (κ3) is 8.99. The van der Waals surface area contributed by atoms with Gasteiger partial charge >= 0.3 is 0 Å². The molecule has 0 aromatic carbocycles. The van der Waals surface area contributed by atoms with E-state index in [1.165, 1.54) is 6.08 Å². The fourth-order valence-corrected chi connectivity index (χ4v) is 0.518. The Morgan fingerprint density at radius 2 is 2.36 bits per heavy atom. The molecule has 0 N–H and O–H groups in total. The van der Waals surface area contributed by atoms with Gasteiger partial charge in [-0.15, -0.1) is 11.6 Å². The van der Waals surface area contributed by atoms with Crippen LogP contribution in [0, 0.1) is 22.0 Å². The molecule has 0 aliphatic rings. The second-order valence-corrected chi connectivity index (χ2v) is 2.09. The van der Waals surface area contributed by atoms with Crippen LogP contribution in [-0.2, 0) is 0 Å². The molecule has 0 bridgehead atoms. The number of nitro groups is 1. The highest BCUT2D eigenvalue weighted by Crippen LogP contribution is 1.88. The maximum atomic E-state index is 9.72. The van der Waals surface area contributed by atoms with Crippen LogP contribution >= 0.6 is 11.6 Å². The Balaban J connectivity index is 3.47. The van der Waals surface area contributed by atoms with E-state index in [-0.39, 0.29) is 0 Å². The maximum Gasteiger partial charge on any atom is 0.242 e. The van der Waals surface area contributed by atoms with Crippen LogP contribution in [0.25, 0.3) is 0 Å². The van der Waals surface area contributed by atoms with E-state index < -0.39 is 4.92 Å². The van der Waals surface area contributed by atoms with Gasteiger partial charge < -0.3 is 0 Å². The molecule has 0 radical (unpaired) electrons. The number of halogens is 1. The van der Waals surface area contributed by atoms with Crippen molar-refractivity contribution in [3.63, 3.8) is 0 Å². The summed E-state index contributed by atoms with van der Waals surface area (Å²) >= 11 is 5.37. The highest BCUT2D eigenvalue weighted by Gasteiger charge is 1.79. The number of allylic oxidation sites excluding steroid dienone is 1. The predicted molar refractivity (Wildman–Crippen MR) is 43.9 cm³/mol. The lowest BCUT2D eigenvalue weighted by Crippen LogP contribution is -1.80. The second kappa shape index (κ2) is 7.10. The molecule has 11 heavy (non-hydrogen) atoms. The quantitative estimate of drug-likeness (QED) is 0.215. The summed E-state index contributed by atoms with van der Waals surface area (Å²) in [6, 6.07) is 0. The molecule has 0 aliphatic carbocycles. The van der Waals surface area contributed by atoms with Crippen LogP contribution in [0.4, 0.5) is 0 Å². The van der Waals surface area contributed by atoms with Crippen LogP contribution in [0.5, 0.6) is 0 Å². The van der Waals surface area contributed by atoms with Crippen LogP contribution in [-0.4, -0.2) is 10.8 Å². The molecule has 0 aromatic heterocycles. The Bertz CT molecular complexity index is 202. The molecular formula is C7H8ClNO2. The van der Waals surface area contributed by atoms with Gasteiger partial charge in [0.25, 0.3) is 0 Å². The zero-order chi connectivity index (χ0) is 8.53. The van der Waals surface area contributed by atoms with Crippen molar-refractivity contribution in [3.05, 3.63) is 22.4 Å². The van der Waals surface area contributed by atoms with Gasteiger partial charge in [0.05, 0.1) is 11.0 Å². The van der Waals surface area contributed by atoms with Crippen LogP contribution in [0.3, 0.4) is 0 Å². The smallest absolute Gasteiger partial charge is 0.242 e.